The topological polar surface area (TPSA) is 84.9 Å². The van der Waals surface area contributed by atoms with Crippen LogP contribution >= 0.6 is 0 Å². The summed E-state index contributed by atoms with van der Waals surface area (Å²) in [7, 11) is -3.70. The monoisotopic (exact) mass is 416 g/mol. The van der Waals surface area contributed by atoms with Crippen LogP contribution in [0.2, 0.25) is 0 Å². The lowest BCUT2D eigenvalue weighted by Crippen LogP contribution is -2.41. The molecule has 1 N–H and O–H groups in total. The highest BCUT2D eigenvalue weighted by atomic mass is 32.2. The molecule has 0 bridgehead atoms. The van der Waals surface area contributed by atoms with Crippen LogP contribution in [0.25, 0.3) is 0 Å². The first kappa shape index (κ1) is 19.9. The Hall–Kier alpha value is -2.42. The molecule has 7 nitrogen and oxygen atoms in total. The summed E-state index contributed by atoms with van der Waals surface area (Å²) in [5, 5.41) is 0. The number of carbonyl (C=O) groups excluding carboxylic acids is 1. The van der Waals surface area contributed by atoms with E-state index in [1.165, 1.54) is 12.1 Å². The Morgan fingerprint density at radius 1 is 0.966 bits per heavy atom. The molecule has 2 aromatic carbocycles. The Bertz CT molecular complexity index is 950. The molecule has 2 saturated heterocycles. The highest BCUT2D eigenvalue weighted by molar-refractivity contribution is 7.92. The molecule has 2 aromatic rings. The second-order valence-corrected chi connectivity index (χ2v) is 8.92. The average molecular weight is 416 g/mol. The van der Waals surface area contributed by atoms with E-state index in [1.807, 2.05) is 0 Å². The van der Waals surface area contributed by atoms with Crippen molar-refractivity contribution in [3.8, 4) is 0 Å². The van der Waals surface area contributed by atoms with E-state index in [0.29, 0.717) is 43.5 Å². The van der Waals surface area contributed by atoms with Gasteiger partial charge >= 0.3 is 0 Å². The number of benzene rings is 2. The van der Waals surface area contributed by atoms with Gasteiger partial charge in [-0.05, 0) is 43.2 Å². The van der Waals surface area contributed by atoms with Crippen molar-refractivity contribution in [1.82, 2.24) is 4.90 Å². The summed E-state index contributed by atoms with van der Waals surface area (Å²) in [5.74, 6) is 0.211. The van der Waals surface area contributed by atoms with Gasteiger partial charge in [-0.3, -0.25) is 9.52 Å². The minimum Gasteiger partial charge on any atom is -0.350 e. The number of piperidine rings is 1. The lowest BCUT2D eigenvalue weighted by Gasteiger charge is -2.34. The van der Waals surface area contributed by atoms with Crippen LogP contribution in [0.4, 0.5) is 5.69 Å². The van der Waals surface area contributed by atoms with E-state index < -0.39 is 10.0 Å². The van der Waals surface area contributed by atoms with Gasteiger partial charge in [0.05, 0.1) is 18.1 Å². The second kappa shape index (κ2) is 8.52. The van der Waals surface area contributed by atoms with Crippen LogP contribution in [0.1, 0.15) is 23.2 Å². The van der Waals surface area contributed by atoms with Crippen molar-refractivity contribution in [2.24, 2.45) is 5.92 Å². The van der Waals surface area contributed by atoms with Crippen molar-refractivity contribution in [3.63, 3.8) is 0 Å². The molecule has 0 spiro atoms. The zero-order chi connectivity index (χ0) is 20.3. The van der Waals surface area contributed by atoms with Crippen molar-refractivity contribution in [2.75, 3.05) is 31.0 Å². The molecule has 154 valence electrons. The van der Waals surface area contributed by atoms with E-state index in [9.17, 15) is 13.2 Å². The zero-order valence-corrected chi connectivity index (χ0v) is 16.8. The number of hydrogen-bond acceptors (Lipinski definition) is 5. The molecule has 4 rings (SSSR count). The summed E-state index contributed by atoms with van der Waals surface area (Å²) in [6.07, 6.45) is 1.51. The molecule has 0 radical (unpaired) electrons. The number of ether oxygens (including phenoxy) is 2. The maximum atomic E-state index is 12.9. The van der Waals surface area contributed by atoms with Gasteiger partial charge in [-0.15, -0.1) is 0 Å². The number of amides is 1. The van der Waals surface area contributed by atoms with Crippen LogP contribution < -0.4 is 4.72 Å². The molecule has 1 amide bonds. The predicted molar refractivity (Wildman–Crippen MR) is 108 cm³/mol. The van der Waals surface area contributed by atoms with Crippen LogP contribution in [0.15, 0.2) is 59.5 Å². The number of sulfonamides is 1. The Kier molecular flexibility index (Phi) is 5.84. The van der Waals surface area contributed by atoms with Gasteiger partial charge in [0.15, 0.2) is 6.29 Å². The molecule has 0 aliphatic carbocycles. The van der Waals surface area contributed by atoms with Crippen LogP contribution in [-0.2, 0) is 19.5 Å². The van der Waals surface area contributed by atoms with E-state index in [0.717, 1.165) is 12.8 Å². The fourth-order valence-corrected chi connectivity index (χ4v) is 4.81. The second-order valence-electron chi connectivity index (χ2n) is 7.24. The number of hydrogen-bond donors (Lipinski definition) is 1. The van der Waals surface area contributed by atoms with Crippen molar-refractivity contribution < 1.29 is 22.7 Å². The first-order chi connectivity index (χ1) is 14.0. The quantitative estimate of drug-likeness (QED) is 0.810. The predicted octanol–water partition coefficient (Wildman–Crippen LogP) is 2.71. The van der Waals surface area contributed by atoms with Gasteiger partial charge in [-0.25, -0.2) is 8.42 Å². The number of rotatable bonds is 5. The summed E-state index contributed by atoms with van der Waals surface area (Å²) in [4.78, 5) is 14.9. The fourth-order valence-electron chi connectivity index (χ4n) is 3.74. The van der Waals surface area contributed by atoms with E-state index in [2.05, 4.69) is 4.72 Å². The molecule has 0 unspecified atom stereocenters. The van der Waals surface area contributed by atoms with Gasteiger partial charge in [0, 0.05) is 30.3 Å². The largest absolute Gasteiger partial charge is 0.350 e. The Morgan fingerprint density at radius 2 is 1.66 bits per heavy atom. The summed E-state index contributed by atoms with van der Waals surface area (Å²) in [6.45, 7) is 2.53. The third kappa shape index (κ3) is 4.60. The molecule has 29 heavy (non-hydrogen) atoms. The summed E-state index contributed by atoms with van der Waals surface area (Å²) < 4.78 is 38.7. The van der Waals surface area contributed by atoms with Gasteiger partial charge in [0.1, 0.15) is 0 Å². The fraction of sp³-hybridized carbons (Fsp3) is 0.381. The molecule has 2 aliphatic rings. The summed E-state index contributed by atoms with van der Waals surface area (Å²) in [5.41, 5.74) is 0.826. The van der Waals surface area contributed by atoms with Crippen molar-refractivity contribution in [1.29, 1.82) is 0 Å². The molecule has 0 saturated carbocycles. The van der Waals surface area contributed by atoms with Crippen LogP contribution in [0.3, 0.4) is 0 Å². The normalized spacial score (nSPS) is 18.7. The van der Waals surface area contributed by atoms with E-state index in [4.69, 9.17) is 9.47 Å². The van der Waals surface area contributed by atoms with Gasteiger partial charge < -0.3 is 14.4 Å². The number of nitrogens with one attached hydrogen (secondary N) is 1. The van der Waals surface area contributed by atoms with Crippen molar-refractivity contribution in [2.45, 2.75) is 24.0 Å². The number of nitrogens with zero attached hydrogens (tertiary/aromatic N) is 1. The van der Waals surface area contributed by atoms with Gasteiger partial charge in [0.25, 0.3) is 15.9 Å². The minimum atomic E-state index is -3.70. The molecular weight excluding hydrogens is 392 g/mol. The Labute approximate surface area is 170 Å². The lowest BCUT2D eigenvalue weighted by atomic mass is 9.95. The first-order valence-electron chi connectivity index (χ1n) is 9.73. The van der Waals surface area contributed by atoms with Gasteiger partial charge in [-0.1, -0.05) is 24.3 Å². The molecule has 2 heterocycles. The average Bonchev–Trinajstić information content (AvgIpc) is 3.29. The van der Waals surface area contributed by atoms with E-state index >= 15 is 0 Å². The molecule has 0 aromatic heterocycles. The minimum absolute atomic E-state index is 0.0996. The van der Waals surface area contributed by atoms with Crippen LogP contribution in [0, 0.1) is 5.92 Å². The van der Waals surface area contributed by atoms with Gasteiger partial charge in [-0.2, -0.15) is 0 Å². The van der Waals surface area contributed by atoms with Crippen molar-refractivity contribution in [3.05, 3.63) is 60.2 Å². The van der Waals surface area contributed by atoms with E-state index in [1.54, 1.807) is 47.4 Å². The molecule has 8 heteroatoms. The van der Waals surface area contributed by atoms with Crippen LogP contribution in [-0.4, -0.2) is 51.8 Å². The van der Waals surface area contributed by atoms with Crippen LogP contribution in [0.5, 0.6) is 0 Å². The third-order valence-electron chi connectivity index (χ3n) is 5.27. The number of likely N-dealkylation sites (tertiary alicyclic amines) is 1. The Morgan fingerprint density at radius 3 is 2.34 bits per heavy atom. The third-order valence-corrected chi connectivity index (χ3v) is 6.67. The standard InChI is InChI=1S/C21H24N2O5S/c24-20(23-11-9-16(10-12-23)21-27-13-14-28-21)17-5-4-6-18(15-17)22-29(25,26)19-7-2-1-3-8-19/h1-8,15-16,21-22H,9-14H2. The lowest BCUT2D eigenvalue weighted by molar-refractivity contribution is -0.0956. The number of carbonyl (C=O) groups is 1. The maximum Gasteiger partial charge on any atom is 0.261 e. The maximum absolute atomic E-state index is 12.9. The zero-order valence-electron chi connectivity index (χ0n) is 16.0. The highest BCUT2D eigenvalue weighted by Gasteiger charge is 2.32. The SMILES string of the molecule is O=C(c1cccc(NS(=O)(=O)c2ccccc2)c1)N1CCC(C2OCCO2)CC1. The number of anilines is 1. The molecule has 2 fully saturated rings. The summed E-state index contributed by atoms with van der Waals surface area (Å²) in [6, 6.07) is 14.8. The van der Waals surface area contributed by atoms with Gasteiger partial charge in [0.2, 0.25) is 0 Å². The Balaban J connectivity index is 1.41. The molecule has 2 aliphatic heterocycles. The molecule has 0 atom stereocenters. The van der Waals surface area contributed by atoms with Crippen molar-refractivity contribution >= 4 is 21.6 Å². The highest BCUT2D eigenvalue weighted by Crippen LogP contribution is 2.27. The van der Waals surface area contributed by atoms with E-state index in [-0.39, 0.29) is 17.1 Å². The summed E-state index contributed by atoms with van der Waals surface area (Å²) >= 11 is 0. The first-order valence-corrected chi connectivity index (χ1v) is 11.2. The smallest absolute Gasteiger partial charge is 0.261 e. The molecular formula is C21H24N2O5S.